The molecular formula is C22H25O2Sn. The van der Waals surface area contributed by atoms with Crippen LogP contribution in [0.5, 0.6) is 0 Å². The van der Waals surface area contributed by atoms with E-state index in [4.69, 9.17) is 4.74 Å². The van der Waals surface area contributed by atoms with Crippen LogP contribution in [0.4, 0.5) is 0 Å². The van der Waals surface area contributed by atoms with Gasteiger partial charge in [0.15, 0.2) is 0 Å². The summed E-state index contributed by atoms with van der Waals surface area (Å²) in [6, 6.07) is 22.0. The Morgan fingerprint density at radius 2 is 1.56 bits per heavy atom. The number of ether oxygens (including phenoxy) is 1. The van der Waals surface area contributed by atoms with Gasteiger partial charge in [-0.25, -0.2) is 0 Å². The minimum atomic E-state index is -2.29. The molecule has 2 aliphatic carbocycles. The number of methoxy groups -OCH3 is 1. The van der Waals surface area contributed by atoms with Gasteiger partial charge in [0.1, 0.15) is 0 Å². The van der Waals surface area contributed by atoms with E-state index in [1.807, 2.05) is 0 Å². The molecule has 1 radical (unpaired) electrons. The molecule has 0 unspecified atom stereocenters. The van der Waals surface area contributed by atoms with Gasteiger partial charge in [0.05, 0.1) is 0 Å². The number of benzene rings is 2. The van der Waals surface area contributed by atoms with Gasteiger partial charge in [-0.1, -0.05) is 0 Å². The van der Waals surface area contributed by atoms with Crippen molar-refractivity contribution >= 4 is 32.9 Å². The van der Waals surface area contributed by atoms with E-state index in [1.54, 1.807) is 7.11 Å². The summed E-state index contributed by atoms with van der Waals surface area (Å²) in [6.45, 7) is 2.21. The Balaban J connectivity index is 1.85. The first-order chi connectivity index (χ1) is 12.2. The molecule has 2 saturated carbocycles. The van der Waals surface area contributed by atoms with E-state index in [0.717, 1.165) is 0 Å². The summed E-state index contributed by atoms with van der Waals surface area (Å²) in [6.07, 6.45) is 3.68. The van der Waals surface area contributed by atoms with Gasteiger partial charge in [0, 0.05) is 0 Å². The molecule has 0 N–H and O–H groups in total. The van der Waals surface area contributed by atoms with Crippen molar-refractivity contribution in [1.29, 1.82) is 0 Å². The molecule has 2 nitrogen and oxygen atoms in total. The average molecular weight is 440 g/mol. The molecule has 2 aromatic carbocycles. The Kier molecular flexibility index (Phi) is 4.65. The SMILES string of the molecule is COC(=O)[C@]1(C)[C@@H]2CC[C@@H](C2)[C@@H]1[Sn]([c]1ccccc1)[c]1ccccc1. The first kappa shape index (κ1) is 17.1. The van der Waals surface area contributed by atoms with Gasteiger partial charge in [0.25, 0.3) is 0 Å². The molecule has 0 aliphatic heterocycles. The number of hydrogen-bond acceptors (Lipinski definition) is 2. The van der Waals surface area contributed by atoms with Crippen LogP contribution in [0, 0.1) is 17.3 Å². The van der Waals surface area contributed by atoms with Gasteiger partial charge < -0.3 is 0 Å². The summed E-state index contributed by atoms with van der Waals surface area (Å²) in [5.41, 5.74) is -0.307. The second-order valence-electron chi connectivity index (χ2n) is 7.67. The van der Waals surface area contributed by atoms with Gasteiger partial charge in [-0.2, -0.15) is 0 Å². The summed E-state index contributed by atoms with van der Waals surface area (Å²) in [5.74, 6) is 1.21. The number of fused-ring (bicyclic) bond motifs is 2. The summed E-state index contributed by atoms with van der Waals surface area (Å²) >= 11 is -2.29. The molecule has 4 atom stereocenters. The Morgan fingerprint density at radius 1 is 1.00 bits per heavy atom. The van der Waals surface area contributed by atoms with Crippen molar-refractivity contribution in [3.63, 3.8) is 0 Å². The number of carbonyl (C=O) groups is 1. The van der Waals surface area contributed by atoms with E-state index in [-0.39, 0.29) is 11.4 Å². The molecule has 2 aliphatic rings. The molecule has 0 spiro atoms. The molecular weight excluding hydrogens is 415 g/mol. The van der Waals surface area contributed by atoms with E-state index in [9.17, 15) is 4.79 Å². The van der Waals surface area contributed by atoms with E-state index < -0.39 is 19.8 Å². The van der Waals surface area contributed by atoms with Crippen molar-refractivity contribution < 1.29 is 9.53 Å². The Bertz CT molecular complexity index is 706. The van der Waals surface area contributed by atoms with Crippen LogP contribution in [-0.2, 0) is 9.53 Å². The van der Waals surface area contributed by atoms with Gasteiger partial charge in [-0.15, -0.1) is 0 Å². The van der Waals surface area contributed by atoms with E-state index in [0.29, 0.717) is 15.8 Å². The number of rotatable bonds is 4. The molecule has 2 aromatic rings. The topological polar surface area (TPSA) is 26.3 Å². The summed E-state index contributed by atoms with van der Waals surface area (Å²) in [4.78, 5) is 12.9. The maximum absolute atomic E-state index is 12.9. The van der Waals surface area contributed by atoms with Crippen LogP contribution < -0.4 is 7.16 Å². The van der Waals surface area contributed by atoms with E-state index in [1.165, 1.54) is 26.4 Å². The standard InChI is InChI=1S/C10H15O2.2C6H5.Sn/c1-10(9(11)12-2)6-7-3-4-8(10)5-7;2*1-2-4-6-5-3-1;/h6-8H,3-5H2,1-2H3;2*1-5H;/t7-,8+,10-;;;/m0.../s1. The van der Waals surface area contributed by atoms with Crippen molar-refractivity contribution in [3.8, 4) is 0 Å². The van der Waals surface area contributed by atoms with Crippen LogP contribution in [0.1, 0.15) is 26.2 Å². The normalized spacial score (nSPS) is 30.6. The van der Waals surface area contributed by atoms with Gasteiger partial charge in [-0.05, 0) is 0 Å². The fourth-order valence-corrected chi connectivity index (χ4v) is 16.5. The number of esters is 1. The zero-order valence-corrected chi connectivity index (χ0v) is 17.8. The Hall–Kier alpha value is -1.29. The van der Waals surface area contributed by atoms with Crippen LogP contribution in [0.2, 0.25) is 3.93 Å². The first-order valence-electron chi connectivity index (χ1n) is 9.22. The van der Waals surface area contributed by atoms with Crippen LogP contribution in [0.3, 0.4) is 0 Å². The first-order valence-corrected chi connectivity index (χ1v) is 13.7. The van der Waals surface area contributed by atoms with E-state index >= 15 is 0 Å². The van der Waals surface area contributed by atoms with Crippen molar-refractivity contribution in [2.45, 2.75) is 30.1 Å². The third-order valence-corrected chi connectivity index (χ3v) is 16.8. The molecule has 129 valence electrons. The summed E-state index contributed by atoms with van der Waals surface area (Å²) < 4.78 is 8.83. The third kappa shape index (κ3) is 2.73. The van der Waals surface area contributed by atoms with Gasteiger partial charge in [-0.3, -0.25) is 0 Å². The van der Waals surface area contributed by atoms with Crippen molar-refractivity contribution in [1.82, 2.24) is 0 Å². The summed E-state index contributed by atoms with van der Waals surface area (Å²) in [5, 5.41) is 0. The maximum atomic E-state index is 12.9. The fraction of sp³-hybridized carbons (Fsp3) is 0.409. The fourth-order valence-electron chi connectivity index (χ4n) is 5.42. The van der Waals surface area contributed by atoms with Crippen molar-refractivity contribution in [2.75, 3.05) is 7.11 Å². The van der Waals surface area contributed by atoms with Gasteiger partial charge >= 0.3 is 158 Å². The molecule has 0 saturated heterocycles. The Morgan fingerprint density at radius 3 is 2.08 bits per heavy atom. The second kappa shape index (κ2) is 6.79. The second-order valence-corrected chi connectivity index (χ2v) is 15.1. The molecule has 4 rings (SSSR count). The molecule has 0 amide bonds. The molecule has 25 heavy (non-hydrogen) atoms. The molecule has 3 heteroatoms. The Labute approximate surface area is 157 Å². The average Bonchev–Trinajstić information content (AvgIpc) is 3.25. The third-order valence-electron chi connectivity index (χ3n) is 6.54. The molecule has 0 aromatic heterocycles. The molecule has 2 fully saturated rings. The summed E-state index contributed by atoms with van der Waals surface area (Å²) in [7, 11) is 1.56. The monoisotopic (exact) mass is 441 g/mol. The zero-order chi connectivity index (χ0) is 17.4. The predicted octanol–water partition coefficient (Wildman–Crippen LogP) is 3.28. The molecule has 2 bridgehead atoms. The quantitative estimate of drug-likeness (QED) is 0.539. The van der Waals surface area contributed by atoms with Crippen molar-refractivity contribution in [3.05, 3.63) is 60.7 Å². The van der Waals surface area contributed by atoms with Crippen LogP contribution in [0.25, 0.3) is 0 Å². The van der Waals surface area contributed by atoms with Crippen LogP contribution in [-0.4, -0.2) is 32.8 Å². The molecule has 0 heterocycles. The minimum absolute atomic E-state index is 0.0228. The van der Waals surface area contributed by atoms with E-state index in [2.05, 4.69) is 67.6 Å². The predicted molar refractivity (Wildman–Crippen MR) is 103 cm³/mol. The number of carbonyl (C=O) groups excluding carboxylic acids is 1. The number of hydrogen-bond donors (Lipinski definition) is 0. The van der Waals surface area contributed by atoms with Crippen molar-refractivity contribution in [2.24, 2.45) is 17.3 Å². The van der Waals surface area contributed by atoms with Crippen LogP contribution >= 0.6 is 0 Å². The van der Waals surface area contributed by atoms with Crippen LogP contribution in [0.15, 0.2) is 60.7 Å². The van der Waals surface area contributed by atoms with Gasteiger partial charge in [0.2, 0.25) is 0 Å². The zero-order valence-electron chi connectivity index (χ0n) is 14.9.